The summed E-state index contributed by atoms with van der Waals surface area (Å²) in [5.41, 5.74) is 6.47. The summed E-state index contributed by atoms with van der Waals surface area (Å²) < 4.78 is 13.3. The van der Waals surface area contributed by atoms with Crippen LogP contribution in [0.5, 0.6) is 0 Å². The Morgan fingerprint density at radius 1 is 1.39 bits per heavy atom. The molecule has 0 unspecified atom stereocenters. The molecule has 0 aromatic heterocycles. The molecule has 2 N–H and O–H groups in total. The summed E-state index contributed by atoms with van der Waals surface area (Å²) in [6, 6.07) is 4.09. The maximum atomic E-state index is 13.3. The van der Waals surface area contributed by atoms with Crippen molar-refractivity contribution in [2.75, 3.05) is 13.6 Å². The van der Waals surface area contributed by atoms with Crippen molar-refractivity contribution in [3.05, 3.63) is 35.1 Å². The zero-order chi connectivity index (χ0) is 13.3. The van der Waals surface area contributed by atoms with Gasteiger partial charge in [0.15, 0.2) is 0 Å². The van der Waals surface area contributed by atoms with Crippen LogP contribution in [0.2, 0.25) is 0 Å². The quantitative estimate of drug-likeness (QED) is 0.803. The fourth-order valence-electron chi connectivity index (χ4n) is 1.89. The third kappa shape index (κ3) is 2.19. The van der Waals surface area contributed by atoms with E-state index < -0.39 is 0 Å². The summed E-state index contributed by atoms with van der Waals surface area (Å²) in [5.74, 6) is -0.626. The summed E-state index contributed by atoms with van der Waals surface area (Å²) >= 11 is 0. The maximum absolute atomic E-state index is 13.3. The van der Waals surface area contributed by atoms with Crippen molar-refractivity contribution in [3.63, 3.8) is 0 Å². The molecule has 1 aromatic rings. The molecule has 0 saturated carbocycles. The van der Waals surface area contributed by atoms with Gasteiger partial charge in [0.05, 0.1) is 6.54 Å². The summed E-state index contributed by atoms with van der Waals surface area (Å²) in [5, 5.41) is 0. The highest BCUT2D eigenvalue weighted by atomic mass is 19.1. The number of rotatable bonds is 3. The molecule has 3 amide bonds. The topological polar surface area (TPSA) is 66.6 Å². The van der Waals surface area contributed by atoms with Gasteiger partial charge in [0.1, 0.15) is 12.4 Å². The third-order valence-electron chi connectivity index (χ3n) is 2.90. The second kappa shape index (κ2) is 4.73. The summed E-state index contributed by atoms with van der Waals surface area (Å²) in [4.78, 5) is 25.7. The van der Waals surface area contributed by atoms with Crippen LogP contribution >= 0.6 is 0 Å². The Bertz CT molecular complexity index is 504. The zero-order valence-corrected chi connectivity index (χ0v) is 10.0. The molecule has 1 saturated heterocycles. The molecule has 0 radical (unpaired) electrons. The lowest BCUT2D eigenvalue weighted by molar-refractivity contribution is -0.125. The lowest BCUT2D eigenvalue weighted by Crippen LogP contribution is -2.31. The number of benzene rings is 1. The van der Waals surface area contributed by atoms with Crippen molar-refractivity contribution < 1.29 is 14.0 Å². The molecule has 0 bridgehead atoms. The molecule has 1 aliphatic rings. The fourth-order valence-corrected chi connectivity index (χ4v) is 1.89. The molecule has 96 valence electrons. The van der Waals surface area contributed by atoms with Gasteiger partial charge in [-0.2, -0.15) is 0 Å². The number of nitrogens with two attached hydrogens (primary N) is 1. The lowest BCUT2D eigenvalue weighted by atomic mass is 10.1. The summed E-state index contributed by atoms with van der Waals surface area (Å²) in [6.45, 7) is 0.320. The van der Waals surface area contributed by atoms with Crippen molar-refractivity contribution in [3.8, 4) is 0 Å². The van der Waals surface area contributed by atoms with Crippen LogP contribution in [0, 0.1) is 5.82 Å². The van der Waals surface area contributed by atoms with E-state index in [4.69, 9.17) is 5.73 Å². The van der Waals surface area contributed by atoms with Gasteiger partial charge < -0.3 is 10.6 Å². The smallest absolute Gasteiger partial charge is 0.326 e. The normalized spacial score (nSPS) is 15.7. The van der Waals surface area contributed by atoms with Gasteiger partial charge >= 0.3 is 6.03 Å². The van der Waals surface area contributed by atoms with Gasteiger partial charge in [0.25, 0.3) is 5.91 Å². The van der Waals surface area contributed by atoms with Crippen LogP contribution in [-0.2, 0) is 17.9 Å². The van der Waals surface area contributed by atoms with Crippen LogP contribution in [0.1, 0.15) is 11.1 Å². The first-order chi connectivity index (χ1) is 8.52. The predicted octanol–water partition coefficient (Wildman–Crippen LogP) is 0.678. The first-order valence-corrected chi connectivity index (χ1v) is 5.55. The Morgan fingerprint density at radius 2 is 2.11 bits per heavy atom. The number of carbonyl (C=O) groups is 2. The van der Waals surface area contributed by atoms with Crippen molar-refractivity contribution >= 4 is 11.9 Å². The predicted molar refractivity (Wildman–Crippen MR) is 62.9 cm³/mol. The van der Waals surface area contributed by atoms with Gasteiger partial charge in [0.2, 0.25) is 0 Å². The second-order valence-corrected chi connectivity index (χ2v) is 4.25. The van der Waals surface area contributed by atoms with Crippen molar-refractivity contribution in [2.45, 2.75) is 13.1 Å². The minimum Gasteiger partial charge on any atom is -0.326 e. The molecule has 1 fully saturated rings. The van der Waals surface area contributed by atoms with Crippen molar-refractivity contribution in [1.82, 2.24) is 9.80 Å². The molecule has 1 heterocycles. The molecule has 0 atom stereocenters. The first kappa shape index (κ1) is 12.5. The Hall–Kier alpha value is -1.95. The van der Waals surface area contributed by atoms with Crippen LogP contribution in [0.4, 0.5) is 9.18 Å². The van der Waals surface area contributed by atoms with E-state index in [0.29, 0.717) is 11.1 Å². The Labute approximate surface area is 104 Å². The standard InChI is InChI=1S/C12H14FN3O2/c1-15-7-11(17)16(12(15)18)6-8-2-3-10(13)9(4-8)5-14/h2-4H,5-7,14H2,1H3. The van der Waals surface area contributed by atoms with Crippen LogP contribution in [0.3, 0.4) is 0 Å². The van der Waals surface area contributed by atoms with E-state index >= 15 is 0 Å². The van der Waals surface area contributed by atoms with E-state index in [9.17, 15) is 14.0 Å². The third-order valence-corrected chi connectivity index (χ3v) is 2.90. The molecule has 2 rings (SSSR count). The SMILES string of the molecule is CN1CC(=O)N(Cc2ccc(F)c(CN)c2)C1=O. The van der Waals surface area contributed by atoms with Gasteiger partial charge in [0, 0.05) is 19.2 Å². The van der Waals surface area contributed by atoms with Gasteiger partial charge in [-0.15, -0.1) is 0 Å². The fraction of sp³-hybridized carbons (Fsp3) is 0.333. The Kier molecular flexibility index (Phi) is 3.29. The molecule has 1 aromatic carbocycles. The summed E-state index contributed by atoms with van der Waals surface area (Å²) in [6.07, 6.45) is 0. The first-order valence-electron chi connectivity index (χ1n) is 5.55. The number of halogens is 1. The van der Waals surface area contributed by atoms with Crippen LogP contribution in [0.15, 0.2) is 18.2 Å². The monoisotopic (exact) mass is 251 g/mol. The van der Waals surface area contributed by atoms with Crippen molar-refractivity contribution in [1.29, 1.82) is 0 Å². The minimum absolute atomic E-state index is 0.0848. The number of amides is 3. The van der Waals surface area contributed by atoms with Crippen LogP contribution in [-0.4, -0.2) is 35.3 Å². The molecule has 6 heteroatoms. The number of hydrogen-bond acceptors (Lipinski definition) is 3. The maximum Gasteiger partial charge on any atom is 0.327 e. The number of nitrogens with zero attached hydrogens (tertiary/aromatic N) is 2. The van der Waals surface area contributed by atoms with Crippen molar-refractivity contribution in [2.24, 2.45) is 5.73 Å². The average Bonchev–Trinajstić information content (AvgIpc) is 2.58. The van der Waals surface area contributed by atoms with Crippen LogP contribution < -0.4 is 5.73 Å². The highest BCUT2D eigenvalue weighted by Crippen LogP contribution is 2.16. The molecule has 0 aliphatic carbocycles. The van der Waals surface area contributed by atoms with E-state index in [1.54, 1.807) is 19.2 Å². The average molecular weight is 251 g/mol. The van der Waals surface area contributed by atoms with Gasteiger partial charge in [-0.25, -0.2) is 9.18 Å². The second-order valence-electron chi connectivity index (χ2n) is 4.25. The molecule has 1 aliphatic heterocycles. The molecular weight excluding hydrogens is 237 g/mol. The Balaban J connectivity index is 2.19. The van der Waals surface area contributed by atoms with Gasteiger partial charge in [-0.3, -0.25) is 9.69 Å². The molecule has 0 spiro atoms. The minimum atomic E-state index is -0.377. The molecular formula is C12H14FN3O2. The van der Waals surface area contributed by atoms with E-state index in [2.05, 4.69) is 0 Å². The highest BCUT2D eigenvalue weighted by Gasteiger charge is 2.33. The zero-order valence-electron chi connectivity index (χ0n) is 10.0. The largest absolute Gasteiger partial charge is 0.327 e. The summed E-state index contributed by atoms with van der Waals surface area (Å²) in [7, 11) is 1.57. The lowest BCUT2D eigenvalue weighted by Gasteiger charge is -2.14. The number of urea groups is 1. The highest BCUT2D eigenvalue weighted by molar-refractivity contribution is 6.01. The Morgan fingerprint density at radius 3 is 2.67 bits per heavy atom. The number of likely N-dealkylation sites (N-methyl/N-ethyl adjacent to an activating group) is 1. The van der Waals surface area contributed by atoms with E-state index in [1.807, 2.05) is 0 Å². The van der Waals surface area contributed by atoms with Crippen LogP contribution in [0.25, 0.3) is 0 Å². The molecule has 18 heavy (non-hydrogen) atoms. The van der Waals surface area contributed by atoms with E-state index in [0.717, 1.165) is 4.90 Å². The molecule has 5 nitrogen and oxygen atoms in total. The van der Waals surface area contributed by atoms with Gasteiger partial charge in [-0.1, -0.05) is 6.07 Å². The number of hydrogen-bond donors (Lipinski definition) is 1. The number of imide groups is 1. The van der Waals surface area contributed by atoms with Gasteiger partial charge in [-0.05, 0) is 17.7 Å². The number of carbonyl (C=O) groups excluding carboxylic acids is 2. The van der Waals surface area contributed by atoms with E-state index in [1.165, 1.54) is 11.0 Å². The van der Waals surface area contributed by atoms with E-state index in [-0.39, 0.29) is 37.4 Å².